The average Bonchev–Trinajstić information content (AvgIpc) is 2.82. The smallest absolute Gasteiger partial charge is 0.274 e. The number of piperidine rings is 1. The molecule has 0 aliphatic carbocycles. The van der Waals surface area contributed by atoms with Gasteiger partial charge in [-0.1, -0.05) is 41.9 Å². The van der Waals surface area contributed by atoms with Gasteiger partial charge in [0.15, 0.2) is 10.8 Å². The second-order valence-electron chi connectivity index (χ2n) is 4.58. The number of hydrogen-bond donors (Lipinski definition) is 1. The molecule has 4 nitrogen and oxygen atoms in total. The Balaban J connectivity index is 0.00000147. The summed E-state index contributed by atoms with van der Waals surface area (Å²) in [5.74, 6) is 0.940. The van der Waals surface area contributed by atoms with E-state index in [9.17, 15) is 0 Å². The number of nitrogens with one attached hydrogen (secondary N) is 1. The van der Waals surface area contributed by atoms with E-state index in [0.29, 0.717) is 16.7 Å². The lowest BCUT2D eigenvalue weighted by Crippen LogP contribution is -2.37. The van der Waals surface area contributed by atoms with Crippen molar-refractivity contribution < 1.29 is 9.26 Å². The van der Waals surface area contributed by atoms with Crippen molar-refractivity contribution in [1.29, 1.82) is 0 Å². The number of halogens is 2. The van der Waals surface area contributed by atoms with Gasteiger partial charge in [-0.15, -0.1) is 12.4 Å². The third-order valence-corrected chi connectivity index (χ3v) is 3.51. The summed E-state index contributed by atoms with van der Waals surface area (Å²) < 4.78 is 11.1. The number of aromatic nitrogens is 1. The van der Waals surface area contributed by atoms with E-state index in [1.165, 1.54) is 0 Å². The summed E-state index contributed by atoms with van der Waals surface area (Å²) in [6, 6.07) is 9.66. The van der Waals surface area contributed by atoms with Crippen LogP contribution in [0.5, 0.6) is 5.88 Å². The van der Waals surface area contributed by atoms with Crippen LogP contribution in [0.25, 0.3) is 11.3 Å². The molecule has 1 aromatic carbocycles. The predicted molar refractivity (Wildman–Crippen MR) is 80.7 cm³/mol. The van der Waals surface area contributed by atoms with Crippen LogP contribution in [0.4, 0.5) is 0 Å². The lowest BCUT2D eigenvalue weighted by molar-refractivity contribution is 0.153. The highest BCUT2D eigenvalue weighted by Crippen LogP contribution is 2.35. The molecule has 6 heteroatoms. The summed E-state index contributed by atoms with van der Waals surface area (Å²) in [4.78, 5) is 0. The van der Waals surface area contributed by atoms with Crippen LogP contribution in [-0.2, 0) is 0 Å². The largest absolute Gasteiger partial charge is 0.470 e. The highest BCUT2D eigenvalue weighted by atomic mass is 35.5. The highest BCUT2D eigenvalue weighted by molar-refractivity contribution is 6.34. The topological polar surface area (TPSA) is 47.3 Å². The number of benzene rings is 1. The predicted octanol–water partition coefficient (Wildman–Crippen LogP) is 3.55. The Morgan fingerprint density at radius 3 is 2.80 bits per heavy atom. The molecule has 0 bridgehead atoms. The Bertz CT molecular complexity index is 539. The summed E-state index contributed by atoms with van der Waals surface area (Å²) in [6.07, 6.45) is 2.22. The minimum Gasteiger partial charge on any atom is -0.470 e. The van der Waals surface area contributed by atoms with Crippen LogP contribution in [0.3, 0.4) is 0 Å². The second kappa shape index (κ2) is 6.97. The Morgan fingerprint density at radius 2 is 2.10 bits per heavy atom. The molecule has 0 radical (unpaired) electrons. The van der Waals surface area contributed by atoms with Gasteiger partial charge in [0.2, 0.25) is 0 Å². The van der Waals surface area contributed by atoms with Gasteiger partial charge in [0.25, 0.3) is 5.88 Å². The maximum absolute atomic E-state index is 6.28. The van der Waals surface area contributed by atoms with Crippen LogP contribution in [-0.4, -0.2) is 24.4 Å². The van der Waals surface area contributed by atoms with Crippen molar-refractivity contribution in [3.63, 3.8) is 0 Å². The molecule has 20 heavy (non-hydrogen) atoms. The van der Waals surface area contributed by atoms with Gasteiger partial charge < -0.3 is 14.6 Å². The van der Waals surface area contributed by atoms with Gasteiger partial charge in [0.1, 0.15) is 6.10 Å². The molecular weight excluding hydrogens is 299 g/mol. The number of ether oxygens (including phenoxy) is 1. The average molecular weight is 315 g/mol. The van der Waals surface area contributed by atoms with Gasteiger partial charge in [-0.25, -0.2) is 0 Å². The molecule has 2 aromatic rings. The van der Waals surface area contributed by atoms with Crippen molar-refractivity contribution in [2.24, 2.45) is 0 Å². The van der Waals surface area contributed by atoms with Gasteiger partial charge in [0, 0.05) is 12.1 Å². The minimum absolute atomic E-state index is 0. The summed E-state index contributed by atoms with van der Waals surface area (Å²) in [6.45, 7) is 1.87. The van der Waals surface area contributed by atoms with Gasteiger partial charge in [0.05, 0.1) is 0 Å². The van der Waals surface area contributed by atoms with Gasteiger partial charge in [-0.3, -0.25) is 0 Å². The van der Waals surface area contributed by atoms with Crippen LogP contribution in [0.15, 0.2) is 34.9 Å². The van der Waals surface area contributed by atoms with Crippen LogP contribution in [0.2, 0.25) is 5.02 Å². The van der Waals surface area contributed by atoms with E-state index in [1.54, 1.807) is 0 Å². The molecule has 1 N–H and O–H groups in total. The summed E-state index contributed by atoms with van der Waals surface area (Å²) >= 11 is 6.28. The molecule has 0 amide bonds. The number of rotatable bonds is 3. The fraction of sp³-hybridized carbons (Fsp3) is 0.357. The fourth-order valence-electron chi connectivity index (χ4n) is 2.18. The molecule has 1 aliphatic heterocycles. The van der Waals surface area contributed by atoms with Crippen LogP contribution < -0.4 is 10.1 Å². The third kappa shape index (κ3) is 3.26. The Hall–Kier alpha value is -1.23. The Kier molecular flexibility index (Phi) is 5.29. The molecule has 1 atom stereocenters. The molecule has 1 aromatic heterocycles. The lowest BCUT2D eigenvalue weighted by Gasteiger charge is -2.22. The molecule has 1 saturated heterocycles. The molecule has 108 valence electrons. The van der Waals surface area contributed by atoms with E-state index < -0.39 is 0 Å². The van der Waals surface area contributed by atoms with E-state index in [2.05, 4.69) is 10.5 Å². The first kappa shape index (κ1) is 15.2. The molecule has 1 unspecified atom stereocenters. The van der Waals surface area contributed by atoms with E-state index in [1.807, 2.05) is 30.3 Å². The van der Waals surface area contributed by atoms with Gasteiger partial charge >= 0.3 is 0 Å². The van der Waals surface area contributed by atoms with Crippen molar-refractivity contribution in [3.05, 3.63) is 35.4 Å². The van der Waals surface area contributed by atoms with E-state index in [4.69, 9.17) is 20.9 Å². The molecule has 0 spiro atoms. The fourth-order valence-corrected chi connectivity index (χ4v) is 2.41. The van der Waals surface area contributed by atoms with Gasteiger partial charge in [-0.05, 0) is 24.5 Å². The first-order valence-corrected chi connectivity index (χ1v) is 6.80. The van der Waals surface area contributed by atoms with Crippen LogP contribution in [0, 0.1) is 0 Å². The van der Waals surface area contributed by atoms with Crippen molar-refractivity contribution >= 4 is 24.0 Å². The monoisotopic (exact) mass is 314 g/mol. The molecule has 1 fully saturated rings. The number of nitrogens with zero attached hydrogens (tertiary/aromatic N) is 1. The SMILES string of the molecule is Cl.Clc1c(OC2CCCNC2)noc1-c1ccccc1. The standard InChI is InChI=1S/C14H15ClN2O2.ClH/c15-12-13(10-5-2-1-3-6-10)19-17-14(12)18-11-7-4-8-16-9-11;/h1-3,5-6,11,16H,4,7-9H2;1H. The van der Waals surface area contributed by atoms with E-state index >= 15 is 0 Å². The van der Waals surface area contributed by atoms with Crippen LogP contribution in [0.1, 0.15) is 12.8 Å². The molecular formula is C14H16Cl2N2O2. The maximum Gasteiger partial charge on any atom is 0.274 e. The van der Waals surface area contributed by atoms with Crippen molar-refractivity contribution in [2.75, 3.05) is 13.1 Å². The van der Waals surface area contributed by atoms with Crippen LogP contribution >= 0.6 is 24.0 Å². The molecule has 0 saturated carbocycles. The number of hydrogen-bond acceptors (Lipinski definition) is 4. The third-order valence-electron chi connectivity index (χ3n) is 3.17. The van der Waals surface area contributed by atoms with Gasteiger partial charge in [-0.2, -0.15) is 0 Å². The van der Waals surface area contributed by atoms with Crippen molar-refractivity contribution in [2.45, 2.75) is 18.9 Å². The summed E-state index contributed by atoms with van der Waals surface area (Å²) in [5, 5.41) is 7.66. The zero-order valence-corrected chi connectivity index (χ0v) is 12.4. The Labute approximate surface area is 128 Å². The zero-order valence-electron chi connectivity index (χ0n) is 10.8. The highest BCUT2D eigenvalue weighted by Gasteiger charge is 2.21. The quantitative estimate of drug-likeness (QED) is 0.941. The lowest BCUT2D eigenvalue weighted by atomic mass is 10.1. The van der Waals surface area contributed by atoms with Crippen molar-refractivity contribution in [1.82, 2.24) is 10.5 Å². The zero-order chi connectivity index (χ0) is 13.1. The Morgan fingerprint density at radius 1 is 1.30 bits per heavy atom. The van der Waals surface area contributed by atoms with Crippen molar-refractivity contribution in [3.8, 4) is 17.2 Å². The first-order valence-electron chi connectivity index (χ1n) is 6.42. The summed E-state index contributed by atoms with van der Waals surface area (Å²) in [5.41, 5.74) is 0.900. The second-order valence-corrected chi connectivity index (χ2v) is 4.96. The molecule has 1 aliphatic rings. The van der Waals surface area contributed by atoms with E-state index in [-0.39, 0.29) is 18.5 Å². The van der Waals surface area contributed by atoms with E-state index in [0.717, 1.165) is 31.5 Å². The summed E-state index contributed by atoms with van der Waals surface area (Å²) in [7, 11) is 0. The minimum atomic E-state index is 0. The normalized spacial score (nSPS) is 18.4. The maximum atomic E-state index is 6.28. The molecule has 2 heterocycles. The molecule has 3 rings (SSSR count). The first-order chi connectivity index (χ1) is 9.34.